The van der Waals surface area contributed by atoms with Crippen LogP contribution >= 0.6 is 23.6 Å². The van der Waals surface area contributed by atoms with E-state index in [4.69, 9.17) is 12.2 Å². The molecule has 0 radical (unpaired) electrons. The number of hydrogen-bond acceptors (Lipinski definition) is 3. The maximum absolute atomic E-state index is 9.47. The van der Waals surface area contributed by atoms with Gasteiger partial charge in [0.2, 0.25) is 5.88 Å². The van der Waals surface area contributed by atoms with E-state index >= 15 is 0 Å². The van der Waals surface area contributed by atoms with Gasteiger partial charge in [0.05, 0.1) is 4.88 Å². The van der Waals surface area contributed by atoms with Crippen LogP contribution in [0.5, 0.6) is 5.88 Å². The molecule has 0 aliphatic heterocycles. The van der Waals surface area contributed by atoms with Crippen molar-refractivity contribution in [2.45, 2.75) is 6.42 Å². The Balaban J connectivity index is 2.06. The molecule has 0 aliphatic rings. The topological polar surface area (TPSA) is 36.0 Å². The molecule has 0 bridgehead atoms. The van der Waals surface area contributed by atoms with E-state index in [2.05, 4.69) is 17.1 Å². The van der Waals surface area contributed by atoms with Crippen molar-refractivity contribution in [2.75, 3.05) is 0 Å². The van der Waals surface area contributed by atoms with E-state index in [1.807, 2.05) is 30.4 Å². The van der Waals surface area contributed by atoms with Crippen molar-refractivity contribution in [1.82, 2.24) is 4.98 Å². The lowest BCUT2D eigenvalue weighted by Crippen LogP contribution is -1.77. The number of thiazole rings is 1. The fraction of sp³-hybridized carbons (Fsp3) is 0.0833. The zero-order valence-electron chi connectivity index (χ0n) is 8.51. The van der Waals surface area contributed by atoms with E-state index in [0.717, 1.165) is 11.3 Å². The third kappa shape index (κ3) is 2.81. The van der Waals surface area contributed by atoms with Gasteiger partial charge >= 0.3 is 0 Å². The van der Waals surface area contributed by atoms with E-state index in [-0.39, 0.29) is 5.88 Å². The average molecular weight is 249 g/mol. The number of rotatable bonds is 3. The third-order valence-corrected chi connectivity index (χ3v) is 3.31. The van der Waals surface area contributed by atoms with Crippen LogP contribution < -0.4 is 0 Å². The fourth-order valence-electron chi connectivity index (χ4n) is 1.36. The fourth-order valence-corrected chi connectivity index (χ4v) is 2.39. The molecule has 2 N–H and O–H groups in total. The second-order valence-electron chi connectivity index (χ2n) is 3.32. The molecule has 0 aliphatic carbocycles. The number of allylic oxidation sites excluding steroid dienone is 1. The Morgan fingerprint density at radius 1 is 1.31 bits per heavy atom. The molecule has 0 spiro atoms. The third-order valence-electron chi connectivity index (χ3n) is 2.12. The molecule has 1 heterocycles. The zero-order valence-corrected chi connectivity index (χ0v) is 10.1. The highest BCUT2D eigenvalue weighted by Gasteiger charge is 1.99. The molecule has 82 valence electrons. The number of H-pyrrole nitrogens is 1. The Kier molecular flexibility index (Phi) is 3.54. The first kappa shape index (κ1) is 11.1. The van der Waals surface area contributed by atoms with Crippen LogP contribution in [0.3, 0.4) is 0 Å². The van der Waals surface area contributed by atoms with Crippen LogP contribution in [0.25, 0.3) is 6.08 Å². The maximum Gasteiger partial charge on any atom is 0.207 e. The first-order chi connectivity index (χ1) is 7.75. The normalized spacial score (nSPS) is 11.0. The van der Waals surface area contributed by atoms with Gasteiger partial charge in [-0.3, -0.25) is 0 Å². The molecular formula is C12H11NOS2. The number of aromatic hydroxyl groups is 1. The van der Waals surface area contributed by atoms with E-state index in [1.165, 1.54) is 16.9 Å². The molecule has 2 rings (SSSR count). The molecule has 2 aromatic rings. The molecule has 0 amide bonds. The van der Waals surface area contributed by atoms with Gasteiger partial charge in [-0.1, -0.05) is 36.4 Å². The highest BCUT2D eigenvalue weighted by atomic mass is 32.1. The van der Waals surface area contributed by atoms with E-state index in [1.54, 1.807) is 0 Å². The number of aromatic nitrogens is 1. The van der Waals surface area contributed by atoms with Gasteiger partial charge in [0.1, 0.15) is 0 Å². The van der Waals surface area contributed by atoms with Gasteiger partial charge in [0, 0.05) is 0 Å². The lowest BCUT2D eigenvalue weighted by Gasteiger charge is -1.93. The Labute approximate surface area is 103 Å². The van der Waals surface area contributed by atoms with Crippen molar-refractivity contribution in [1.29, 1.82) is 0 Å². The van der Waals surface area contributed by atoms with Crippen LogP contribution in [0.15, 0.2) is 36.4 Å². The summed E-state index contributed by atoms with van der Waals surface area (Å²) in [6, 6.07) is 10.2. The molecule has 0 fully saturated rings. The summed E-state index contributed by atoms with van der Waals surface area (Å²) in [5.74, 6) is 0.152. The highest BCUT2D eigenvalue weighted by Crippen LogP contribution is 2.22. The van der Waals surface area contributed by atoms with Gasteiger partial charge in [-0.2, -0.15) is 0 Å². The van der Waals surface area contributed by atoms with Crippen molar-refractivity contribution in [3.63, 3.8) is 0 Å². The van der Waals surface area contributed by atoms with Gasteiger partial charge < -0.3 is 10.1 Å². The van der Waals surface area contributed by atoms with Crippen molar-refractivity contribution < 1.29 is 5.11 Å². The lowest BCUT2D eigenvalue weighted by molar-refractivity contribution is 0.456. The van der Waals surface area contributed by atoms with Gasteiger partial charge in [0.15, 0.2) is 3.95 Å². The molecule has 1 aromatic carbocycles. The predicted octanol–water partition coefficient (Wildman–Crippen LogP) is 3.77. The standard InChI is InChI=1S/C12H11NOS2/c14-11-10(16-12(15)13-11)8-4-7-9-5-2-1-3-6-9/h1-6,8,14H,7H2,(H,13,15)/b8-4+. The summed E-state index contributed by atoms with van der Waals surface area (Å²) < 4.78 is 0.594. The summed E-state index contributed by atoms with van der Waals surface area (Å²) in [5.41, 5.74) is 1.25. The molecule has 1 aromatic heterocycles. The van der Waals surface area contributed by atoms with Crippen molar-refractivity contribution in [3.8, 4) is 5.88 Å². The number of nitrogens with one attached hydrogen (secondary N) is 1. The van der Waals surface area contributed by atoms with Crippen LogP contribution in [0.4, 0.5) is 0 Å². The molecule has 0 atom stereocenters. The maximum atomic E-state index is 9.47. The predicted molar refractivity (Wildman–Crippen MR) is 70.3 cm³/mol. The van der Waals surface area contributed by atoms with Crippen LogP contribution in [0, 0.1) is 3.95 Å². The summed E-state index contributed by atoms with van der Waals surface area (Å²) in [4.78, 5) is 3.47. The molecular weight excluding hydrogens is 238 g/mol. The number of hydrogen-bond donors (Lipinski definition) is 2. The SMILES string of the molecule is Oc1[nH]c(=S)sc1/C=C/Cc1ccccc1. The van der Waals surface area contributed by atoms with Gasteiger partial charge in [-0.05, 0) is 30.3 Å². The van der Waals surface area contributed by atoms with Crippen LogP contribution in [0.1, 0.15) is 10.4 Å². The van der Waals surface area contributed by atoms with Crippen LogP contribution in [0.2, 0.25) is 0 Å². The Bertz CT molecular complexity index is 540. The second kappa shape index (κ2) is 5.09. The van der Waals surface area contributed by atoms with Gasteiger partial charge in [-0.15, -0.1) is 11.3 Å². The van der Waals surface area contributed by atoms with E-state index < -0.39 is 0 Å². The summed E-state index contributed by atoms with van der Waals surface area (Å²) >= 11 is 6.31. The minimum atomic E-state index is 0.152. The molecule has 16 heavy (non-hydrogen) atoms. The van der Waals surface area contributed by atoms with E-state index in [0.29, 0.717) is 3.95 Å². The summed E-state index contributed by atoms with van der Waals surface area (Å²) in [6.45, 7) is 0. The largest absolute Gasteiger partial charge is 0.494 e. The zero-order chi connectivity index (χ0) is 11.4. The molecule has 0 saturated heterocycles. The Morgan fingerprint density at radius 2 is 2.06 bits per heavy atom. The van der Waals surface area contributed by atoms with Crippen molar-refractivity contribution >= 4 is 29.6 Å². The number of aromatic amines is 1. The second-order valence-corrected chi connectivity index (χ2v) is 5.04. The minimum absolute atomic E-state index is 0.152. The van der Waals surface area contributed by atoms with E-state index in [9.17, 15) is 5.11 Å². The molecule has 4 heteroatoms. The van der Waals surface area contributed by atoms with Crippen LogP contribution in [-0.4, -0.2) is 10.1 Å². The number of benzene rings is 1. The van der Waals surface area contributed by atoms with Crippen molar-refractivity contribution in [3.05, 3.63) is 50.8 Å². The molecule has 0 saturated carbocycles. The molecule has 2 nitrogen and oxygen atoms in total. The van der Waals surface area contributed by atoms with Gasteiger partial charge in [0.25, 0.3) is 0 Å². The monoisotopic (exact) mass is 249 g/mol. The summed E-state index contributed by atoms with van der Waals surface area (Å²) in [6.07, 6.45) is 4.76. The Hall–Kier alpha value is -1.39. The average Bonchev–Trinajstić information content (AvgIpc) is 2.59. The molecule has 0 unspecified atom stereocenters. The summed E-state index contributed by atoms with van der Waals surface area (Å²) in [5, 5.41) is 9.47. The first-order valence-electron chi connectivity index (χ1n) is 4.88. The lowest BCUT2D eigenvalue weighted by atomic mass is 10.1. The quantitative estimate of drug-likeness (QED) is 0.812. The van der Waals surface area contributed by atoms with Crippen LogP contribution in [-0.2, 0) is 6.42 Å². The minimum Gasteiger partial charge on any atom is -0.494 e. The smallest absolute Gasteiger partial charge is 0.207 e. The first-order valence-corrected chi connectivity index (χ1v) is 6.11. The summed E-state index contributed by atoms with van der Waals surface area (Å²) in [7, 11) is 0. The van der Waals surface area contributed by atoms with Crippen molar-refractivity contribution in [2.24, 2.45) is 0 Å². The highest BCUT2D eigenvalue weighted by molar-refractivity contribution is 7.73. The Morgan fingerprint density at radius 3 is 2.69 bits per heavy atom. The van der Waals surface area contributed by atoms with Gasteiger partial charge in [-0.25, -0.2) is 0 Å².